The van der Waals surface area contributed by atoms with E-state index < -0.39 is 12.0 Å². The third-order valence-corrected chi connectivity index (χ3v) is 6.15. The average molecular weight is 371 g/mol. The third kappa shape index (κ3) is 6.01. The van der Waals surface area contributed by atoms with Crippen LogP contribution in [-0.2, 0) is 19.1 Å². The molecule has 6 nitrogen and oxygen atoms in total. The van der Waals surface area contributed by atoms with Crippen molar-refractivity contribution in [3.05, 3.63) is 11.6 Å². The van der Waals surface area contributed by atoms with Crippen molar-refractivity contribution in [3.8, 4) is 0 Å². The maximum absolute atomic E-state index is 12.3. The van der Waals surface area contributed by atoms with Gasteiger partial charge in [0.25, 0.3) is 0 Å². The van der Waals surface area contributed by atoms with Crippen LogP contribution in [0.25, 0.3) is 0 Å². The molecule has 0 bridgehead atoms. The van der Waals surface area contributed by atoms with Gasteiger partial charge in [0.1, 0.15) is 12.1 Å². The van der Waals surface area contributed by atoms with E-state index in [4.69, 9.17) is 20.3 Å². The molecule has 5 atom stereocenters. The Bertz CT molecular complexity index is 510. The van der Waals surface area contributed by atoms with E-state index in [1.807, 2.05) is 6.92 Å². The minimum absolute atomic E-state index is 0.106. The zero-order valence-corrected chi connectivity index (χ0v) is 15.8. The van der Waals surface area contributed by atoms with Crippen LogP contribution in [0.5, 0.6) is 0 Å². The van der Waals surface area contributed by atoms with E-state index in [1.165, 1.54) is 17.3 Å². The van der Waals surface area contributed by atoms with Gasteiger partial charge in [-0.15, -0.1) is 0 Å². The van der Waals surface area contributed by atoms with Gasteiger partial charge in [-0.3, -0.25) is 9.59 Å². The molecule has 0 aromatic heterocycles. The summed E-state index contributed by atoms with van der Waals surface area (Å²) in [4.78, 5) is 23.1. The highest BCUT2D eigenvalue weighted by Crippen LogP contribution is 2.36. The summed E-state index contributed by atoms with van der Waals surface area (Å²) in [5, 5.41) is 8.87. The number of esters is 1. The van der Waals surface area contributed by atoms with Gasteiger partial charge in [-0.2, -0.15) is 11.8 Å². The fourth-order valence-electron chi connectivity index (χ4n) is 3.29. The first kappa shape index (κ1) is 20.3. The number of aliphatic carboxylic acids is 1. The lowest BCUT2D eigenvalue weighted by Crippen LogP contribution is -2.33. The Kier molecular flexibility index (Phi) is 7.78. The summed E-state index contributed by atoms with van der Waals surface area (Å²) in [5.41, 5.74) is 6.88. The molecule has 0 aliphatic carbocycles. The summed E-state index contributed by atoms with van der Waals surface area (Å²) in [6.07, 6.45) is 5.99. The number of rotatable bonds is 5. The Labute approximate surface area is 153 Å². The smallest absolute Gasteiger partial charge is 0.321 e. The number of carboxylic acid groups (broad SMARTS) is 1. The van der Waals surface area contributed by atoms with Gasteiger partial charge in [0.05, 0.1) is 18.6 Å². The lowest BCUT2D eigenvalue weighted by atomic mass is 9.86. The number of hydrogen-bond donors (Lipinski definition) is 2. The van der Waals surface area contributed by atoms with E-state index in [1.54, 1.807) is 0 Å². The third-order valence-electron chi connectivity index (χ3n) is 4.96. The monoisotopic (exact) mass is 371 g/mol. The maximum atomic E-state index is 12.3. The van der Waals surface area contributed by atoms with Gasteiger partial charge in [0.2, 0.25) is 0 Å². The van der Waals surface area contributed by atoms with Crippen LogP contribution in [0.15, 0.2) is 11.6 Å². The first-order valence-corrected chi connectivity index (χ1v) is 10.1. The van der Waals surface area contributed by atoms with Crippen molar-refractivity contribution in [1.82, 2.24) is 0 Å². The number of carbonyl (C=O) groups is 2. The van der Waals surface area contributed by atoms with E-state index in [0.717, 1.165) is 25.7 Å². The van der Waals surface area contributed by atoms with Gasteiger partial charge in [-0.05, 0) is 39.5 Å². The van der Waals surface area contributed by atoms with E-state index >= 15 is 0 Å². The summed E-state index contributed by atoms with van der Waals surface area (Å²) >= 11 is 1.41. The Morgan fingerprint density at radius 1 is 1.48 bits per heavy atom. The summed E-state index contributed by atoms with van der Waals surface area (Å²) in [7, 11) is 0. The van der Waals surface area contributed by atoms with Gasteiger partial charge in [-0.25, -0.2) is 0 Å². The molecule has 2 aliphatic rings. The van der Waals surface area contributed by atoms with E-state index in [2.05, 4.69) is 13.0 Å². The molecule has 0 aromatic carbocycles. The highest BCUT2D eigenvalue weighted by Gasteiger charge is 2.44. The molecule has 142 valence electrons. The van der Waals surface area contributed by atoms with E-state index in [0.29, 0.717) is 18.1 Å². The summed E-state index contributed by atoms with van der Waals surface area (Å²) in [6, 6.07) is -0.903. The molecule has 2 heterocycles. The first-order chi connectivity index (χ1) is 11.9. The zero-order valence-electron chi connectivity index (χ0n) is 15.0. The highest BCUT2D eigenvalue weighted by molar-refractivity contribution is 7.99. The number of carbonyl (C=O) groups excluding carboxylic acids is 1. The lowest BCUT2D eigenvalue weighted by molar-refractivity contribution is -0.146. The molecule has 1 saturated heterocycles. The molecule has 0 radical (unpaired) electrons. The normalized spacial score (nSPS) is 32.1. The van der Waals surface area contributed by atoms with Gasteiger partial charge < -0.3 is 20.3 Å². The molecule has 0 saturated carbocycles. The van der Waals surface area contributed by atoms with Crippen LogP contribution in [0.2, 0.25) is 0 Å². The molecule has 5 unspecified atom stereocenters. The maximum Gasteiger partial charge on any atom is 0.321 e. The zero-order chi connectivity index (χ0) is 18.4. The topological polar surface area (TPSA) is 98.9 Å². The van der Waals surface area contributed by atoms with Crippen LogP contribution >= 0.6 is 11.8 Å². The van der Waals surface area contributed by atoms with Gasteiger partial charge in [0.15, 0.2) is 0 Å². The van der Waals surface area contributed by atoms with Crippen LogP contribution in [-0.4, -0.2) is 53.4 Å². The van der Waals surface area contributed by atoms with Crippen LogP contribution < -0.4 is 5.73 Å². The molecule has 0 aromatic rings. The largest absolute Gasteiger partial charge is 0.480 e. The Morgan fingerprint density at radius 3 is 2.96 bits per heavy atom. The predicted molar refractivity (Wildman–Crippen MR) is 97.4 cm³/mol. The van der Waals surface area contributed by atoms with Crippen LogP contribution in [0.1, 0.15) is 39.5 Å². The van der Waals surface area contributed by atoms with Crippen molar-refractivity contribution in [2.45, 2.75) is 57.8 Å². The molecule has 25 heavy (non-hydrogen) atoms. The minimum atomic E-state index is -1.02. The second kappa shape index (κ2) is 9.59. The second-order valence-corrected chi connectivity index (χ2v) is 8.11. The lowest BCUT2D eigenvalue weighted by Gasteiger charge is -2.22. The van der Waals surface area contributed by atoms with Crippen molar-refractivity contribution in [2.24, 2.45) is 17.6 Å². The molecular formula is C18H29NO5S. The molecule has 7 heteroatoms. The van der Waals surface area contributed by atoms with Gasteiger partial charge in [0, 0.05) is 17.4 Å². The van der Waals surface area contributed by atoms with Crippen LogP contribution in [0.4, 0.5) is 0 Å². The molecule has 3 N–H and O–H groups in total. The molecule has 2 aliphatic heterocycles. The van der Waals surface area contributed by atoms with E-state index in [-0.39, 0.29) is 30.0 Å². The molecular weight excluding hydrogens is 342 g/mol. The predicted octanol–water partition coefficient (Wildman–Crippen LogP) is 2.21. The van der Waals surface area contributed by atoms with Gasteiger partial charge in [-0.1, -0.05) is 11.6 Å². The first-order valence-electron chi connectivity index (χ1n) is 8.92. The number of ether oxygens (including phenoxy) is 2. The van der Waals surface area contributed by atoms with Crippen LogP contribution in [0.3, 0.4) is 0 Å². The standard InChI is InChI=1S/C18H29NO5S/c1-11-4-3-5-12(2)23-8-16-13(7-6-11)14(18(22)24-16)9-25-10-15(19)17(20)21/h4,12-16H,3,5-10,19H2,1-2H3,(H,20,21). The van der Waals surface area contributed by atoms with Crippen molar-refractivity contribution in [3.63, 3.8) is 0 Å². The summed E-state index contributed by atoms with van der Waals surface area (Å²) in [5.74, 6) is -0.487. The Morgan fingerprint density at radius 2 is 2.24 bits per heavy atom. The SMILES string of the molecule is CC1=CCCC(C)OCC2OC(=O)C(CSCC(N)C(=O)O)C2CC1. The number of nitrogens with two attached hydrogens (primary N) is 1. The average Bonchev–Trinajstić information content (AvgIpc) is 2.84. The Hall–Kier alpha value is -1.05. The van der Waals surface area contributed by atoms with Crippen molar-refractivity contribution >= 4 is 23.7 Å². The quantitative estimate of drug-likeness (QED) is 0.565. The Balaban J connectivity index is 2.00. The van der Waals surface area contributed by atoms with Crippen molar-refractivity contribution < 1.29 is 24.2 Å². The minimum Gasteiger partial charge on any atom is -0.480 e. The van der Waals surface area contributed by atoms with Crippen molar-refractivity contribution in [2.75, 3.05) is 18.1 Å². The van der Waals surface area contributed by atoms with Crippen LogP contribution in [0, 0.1) is 11.8 Å². The van der Waals surface area contributed by atoms with Gasteiger partial charge >= 0.3 is 11.9 Å². The summed E-state index contributed by atoms with van der Waals surface area (Å²) < 4.78 is 11.5. The molecule has 1 fully saturated rings. The number of allylic oxidation sites excluding steroid dienone is 2. The molecule has 2 rings (SSSR count). The van der Waals surface area contributed by atoms with E-state index in [9.17, 15) is 9.59 Å². The molecule has 0 spiro atoms. The second-order valence-electron chi connectivity index (χ2n) is 7.04. The number of thioether (sulfide) groups is 1. The number of fused-ring (bicyclic) bond motifs is 1. The fraction of sp³-hybridized carbons (Fsp3) is 0.778. The fourth-order valence-corrected chi connectivity index (χ4v) is 4.46. The summed E-state index contributed by atoms with van der Waals surface area (Å²) in [6.45, 7) is 4.62. The highest BCUT2D eigenvalue weighted by atomic mass is 32.2. The number of hydrogen-bond acceptors (Lipinski definition) is 6. The molecule has 0 amide bonds. The van der Waals surface area contributed by atoms with Crippen molar-refractivity contribution in [1.29, 1.82) is 0 Å². The number of carboxylic acids is 1.